The van der Waals surface area contributed by atoms with Gasteiger partial charge in [0.25, 0.3) is 0 Å². The van der Waals surface area contributed by atoms with Gasteiger partial charge < -0.3 is 4.57 Å². The molecule has 3 rings (SSSR count). The Labute approximate surface area is 106 Å². The molecule has 0 saturated heterocycles. The van der Waals surface area contributed by atoms with Gasteiger partial charge in [0.1, 0.15) is 0 Å². The molecule has 0 unspecified atom stereocenters. The number of Topliss-reactive ketones (excluding diaryl/α,β-unsaturated/α-hetero) is 1. The number of carbonyl (C=O) groups excluding carboxylic acids is 1. The van der Waals surface area contributed by atoms with Gasteiger partial charge in [-0.3, -0.25) is 9.78 Å². The van der Waals surface area contributed by atoms with Crippen molar-refractivity contribution in [3.63, 3.8) is 0 Å². The van der Waals surface area contributed by atoms with Crippen LogP contribution in [0, 0.1) is 6.92 Å². The van der Waals surface area contributed by atoms with E-state index in [2.05, 4.69) is 16.5 Å². The van der Waals surface area contributed by atoms with Gasteiger partial charge in [-0.25, -0.2) is 0 Å². The predicted octanol–water partition coefficient (Wildman–Crippen LogP) is 2.76. The average molecular weight is 240 g/mol. The number of pyridine rings is 1. The van der Waals surface area contributed by atoms with Crippen molar-refractivity contribution in [1.82, 2.24) is 9.55 Å². The summed E-state index contributed by atoms with van der Waals surface area (Å²) in [5.74, 6) is 0.293. The van der Waals surface area contributed by atoms with Crippen LogP contribution in [0.15, 0.2) is 30.7 Å². The minimum Gasteiger partial charge on any atom is -0.346 e. The molecular formula is C15H16N2O. The third-order valence-corrected chi connectivity index (χ3v) is 3.67. The Morgan fingerprint density at radius 2 is 2.22 bits per heavy atom. The van der Waals surface area contributed by atoms with Crippen LogP contribution < -0.4 is 0 Å². The number of carbonyl (C=O) groups is 1. The van der Waals surface area contributed by atoms with E-state index in [9.17, 15) is 4.79 Å². The van der Waals surface area contributed by atoms with Crippen molar-refractivity contribution in [2.75, 3.05) is 0 Å². The highest BCUT2D eigenvalue weighted by molar-refractivity contribution is 5.98. The Kier molecular flexibility index (Phi) is 2.74. The number of aryl methyl sites for hydroxylation is 1. The van der Waals surface area contributed by atoms with Crippen molar-refractivity contribution in [3.05, 3.63) is 53.1 Å². The van der Waals surface area contributed by atoms with E-state index in [0.29, 0.717) is 12.2 Å². The maximum absolute atomic E-state index is 11.8. The van der Waals surface area contributed by atoms with Gasteiger partial charge in [-0.05, 0) is 43.0 Å². The lowest BCUT2D eigenvalue weighted by atomic mass is 9.96. The maximum Gasteiger partial charge on any atom is 0.164 e. The van der Waals surface area contributed by atoms with Crippen LogP contribution in [0.3, 0.4) is 0 Å². The molecule has 0 amide bonds. The Hall–Kier alpha value is -1.90. The number of nitrogens with zero attached hydrogens (tertiary/aromatic N) is 2. The molecule has 1 aliphatic rings. The van der Waals surface area contributed by atoms with E-state index < -0.39 is 0 Å². The van der Waals surface area contributed by atoms with Crippen LogP contribution in [0.5, 0.6) is 0 Å². The van der Waals surface area contributed by atoms with Gasteiger partial charge in [-0.15, -0.1) is 0 Å². The molecule has 0 bridgehead atoms. The lowest BCUT2D eigenvalue weighted by Crippen LogP contribution is -2.13. The van der Waals surface area contributed by atoms with Crippen molar-refractivity contribution in [2.24, 2.45) is 0 Å². The molecule has 0 N–H and O–H groups in total. The lowest BCUT2D eigenvalue weighted by Gasteiger charge is -2.15. The smallest absolute Gasteiger partial charge is 0.164 e. The average Bonchev–Trinajstić information content (AvgIpc) is 2.77. The number of aromatic nitrogens is 2. The lowest BCUT2D eigenvalue weighted by molar-refractivity contribution is 0.0972. The van der Waals surface area contributed by atoms with Crippen LogP contribution in [0.2, 0.25) is 0 Å². The number of ketones is 1. The second kappa shape index (κ2) is 4.41. The third kappa shape index (κ3) is 1.86. The fourth-order valence-electron chi connectivity index (χ4n) is 2.60. The highest BCUT2D eigenvalue weighted by atomic mass is 16.1. The van der Waals surface area contributed by atoms with E-state index in [1.54, 1.807) is 0 Å². The van der Waals surface area contributed by atoms with Crippen LogP contribution in [0.4, 0.5) is 0 Å². The second-order valence-electron chi connectivity index (χ2n) is 4.88. The van der Waals surface area contributed by atoms with Crippen LogP contribution in [-0.4, -0.2) is 15.3 Å². The molecule has 1 aliphatic carbocycles. The van der Waals surface area contributed by atoms with Crippen molar-refractivity contribution in [1.29, 1.82) is 0 Å². The van der Waals surface area contributed by atoms with Crippen LogP contribution in [-0.2, 0) is 13.0 Å². The summed E-state index contributed by atoms with van der Waals surface area (Å²) in [7, 11) is 0. The zero-order valence-electron chi connectivity index (χ0n) is 10.5. The summed E-state index contributed by atoms with van der Waals surface area (Å²) in [6.45, 7) is 2.90. The van der Waals surface area contributed by atoms with E-state index in [1.165, 1.54) is 16.8 Å². The van der Waals surface area contributed by atoms with Gasteiger partial charge in [0.15, 0.2) is 5.78 Å². The number of hydrogen-bond donors (Lipinski definition) is 0. The second-order valence-corrected chi connectivity index (χ2v) is 4.88. The molecule has 0 radical (unpaired) electrons. The van der Waals surface area contributed by atoms with Gasteiger partial charge in [0, 0.05) is 42.8 Å². The van der Waals surface area contributed by atoms with Crippen molar-refractivity contribution in [2.45, 2.75) is 32.7 Å². The molecule has 0 spiro atoms. The molecule has 0 aromatic carbocycles. The molecular weight excluding hydrogens is 224 g/mol. The normalized spacial score (nSPS) is 14.6. The summed E-state index contributed by atoms with van der Waals surface area (Å²) in [5, 5.41) is 0. The molecule has 2 aromatic rings. The van der Waals surface area contributed by atoms with Gasteiger partial charge in [-0.2, -0.15) is 0 Å². The standard InChI is InChI=1S/C15H16N2O/c1-11-9-16-7-5-12(11)10-17-8-6-13-14(17)3-2-4-15(13)18/h5-9H,2-4,10H2,1H3. The Morgan fingerprint density at radius 1 is 1.33 bits per heavy atom. The van der Waals surface area contributed by atoms with Crippen LogP contribution in [0.25, 0.3) is 0 Å². The number of hydrogen-bond acceptors (Lipinski definition) is 2. The third-order valence-electron chi connectivity index (χ3n) is 3.67. The summed E-state index contributed by atoms with van der Waals surface area (Å²) in [4.78, 5) is 15.9. The van der Waals surface area contributed by atoms with Crippen LogP contribution >= 0.6 is 0 Å². The first kappa shape index (κ1) is 11.2. The molecule has 2 aromatic heterocycles. The first-order chi connectivity index (χ1) is 8.75. The predicted molar refractivity (Wildman–Crippen MR) is 69.8 cm³/mol. The van der Waals surface area contributed by atoms with Gasteiger partial charge >= 0.3 is 0 Å². The molecule has 0 saturated carbocycles. The Bertz CT molecular complexity index is 598. The summed E-state index contributed by atoms with van der Waals surface area (Å²) in [6.07, 6.45) is 8.43. The SMILES string of the molecule is Cc1cnccc1Cn1ccc2c1CCCC2=O. The van der Waals surface area contributed by atoms with E-state index in [1.807, 2.05) is 30.7 Å². The Balaban J connectivity index is 1.95. The zero-order valence-corrected chi connectivity index (χ0v) is 10.5. The van der Waals surface area contributed by atoms with E-state index in [0.717, 1.165) is 24.9 Å². The summed E-state index contributed by atoms with van der Waals surface area (Å²) in [6, 6.07) is 4.01. The monoisotopic (exact) mass is 240 g/mol. The van der Waals surface area contributed by atoms with Gasteiger partial charge in [0.05, 0.1) is 0 Å². The first-order valence-corrected chi connectivity index (χ1v) is 6.36. The first-order valence-electron chi connectivity index (χ1n) is 6.36. The van der Waals surface area contributed by atoms with Crippen molar-refractivity contribution in [3.8, 4) is 0 Å². The number of rotatable bonds is 2. The summed E-state index contributed by atoms with van der Waals surface area (Å²) < 4.78 is 2.20. The molecule has 0 atom stereocenters. The van der Waals surface area contributed by atoms with E-state index >= 15 is 0 Å². The highest BCUT2D eigenvalue weighted by Crippen LogP contribution is 2.23. The van der Waals surface area contributed by atoms with Gasteiger partial charge in [0.2, 0.25) is 0 Å². The Morgan fingerprint density at radius 3 is 3.06 bits per heavy atom. The minimum atomic E-state index is 0.293. The van der Waals surface area contributed by atoms with Gasteiger partial charge in [-0.1, -0.05) is 0 Å². The molecule has 0 fully saturated rings. The minimum absolute atomic E-state index is 0.293. The summed E-state index contributed by atoms with van der Waals surface area (Å²) in [5.41, 5.74) is 4.58. The molecule has 2 heterocycles. The molecule has 0 aliphatic heterocycles. The number of fused-ring (bicyclic) bond motifs is 1. The van der Waals surface area contributed by atoms with Crippen molar-refractivity contribution >= 4 is 5.78 Å². The fraction of sp³-hybridized carbons (Fsp3) is 0.333. The van der Waals surface area contributed by atoms with Crippen molar-refractivity contribution < 1.29 is 4.79 Å². The highest BCUT2D eigenvalue weighted by Gasteiger charge is 2.20. The molecule has 18 heavy (non-hydrogen) atoms. The maximum atomic E-state index is 11.8. The molecule has 3 heteroatoms. The van der Waals surface area contributed by atoms with E-state index in [-0.39, 0.29) is 0 Å². The zero-order chi connectivity index (χ0) is 12.5. The quantitative estimate of drug-likeness (QED) is 0.809. The molecule has 3 nitrogen and oxygen atoms in total. The van der Waals surface area contributed by atoms with E-state index in [4.69, 9.17) is 0 Å². The van der Waals surface area contributed by atoms with Crippen LogP contribution in [0.1, 0.15) is 40.0 Å². The molecule has 92 valence electrons. The summed E-state index contributed by atoms with van der Waals surface area (Å²) >= 11 is 0. The fourth-order valence-corrected chi connectivity index (χ4v) is 2.60. The largest absolute Gasteiger partial charge is 0.346 e. The topological polar surface area (TPSA) is 34.9 Å².